The highest BCUT2D eigenvalue weighted by Gasteiger charge is 2.11. The minimum absolute atomic E-state index is 0.449. The van der Waals surface area contributed by atoms with Gasteiger partial charge in [-0.25, -0.2) is 4.98 Å². The molecule has 0 bridgehead atoms. The summed E-state index contributed by atoms with van der Waals surface area (Å²) < 4.78 is 13.7. The monoisotopic (exact) mass is 324 g/mol. The highest BCUT2D eigenvalue weighted by atomic mass is 16.5. The maximum Gasteiger partial charge on any atom is 0.148 e. The van der Waals surface area contributed by atoms with Gasteiger partial charge in [-0.2, -0.15) is 0 Å². The smallest absolute Gasteiger partial charge is 0.148 e. The molecule has 0 N–H and O–H groups in total. The second kappa shape index (κ2) is 7.49. The average molecular weight is 324 g/mol. The Labute approximate surface area is 143 Å². The van der Waals surface area contributed by atoms with E-state index in [-0.39, 0.29) is 0 Å². The third-order valence-corrected chi connectivity index (χ3v) is 4.08. The summed E-state index contributed by atoms with van der Waals surface area (Å²) in [7, 11) is 0. The van der Waals surface area contributed by atoms with Crippen molar-refractivity contribution in [3.05, 3.63) is 59.4 Å². The van der Waals surface area contributed by atoms with Crippen LogP contribution in [0.15, 0.2) is 42.5 Å². The van der Waals surface area contributed by atoms with E-state index in [0.29, 0.717) is 13.2 Å². The van der Waals surface area contributed by atoms with E-state index in [1.54, 1.807) is 0 Å². The van der Waals surface area contributed by atoms with Crippen LogP contribution in [0.25, 0.3) is 11.0 Å². The molecule has 0 aliphatic heterocycles. The van der Waals surface area contributed by atoms with Gasteiger partial charge in [0.15, 0.2) is 0 Å². The number of imidazole rings is 1. The van der Waals surface area contributed by atoms with Crippen molar-refractivity contribution in [1.82, 2.24) is 9.55 Å². The van der Waals surface area contributed by atoms with E-state index in [0.717, 1.165) is 41.3 Å². The number of hydrogen-bond donors (Lipinski definition) is 0. The molecule has 0 aliphatic carbocycles. The van der Waals surface area contributed by atoms with Crippen LogP contribution in [0.4, 0.5) is 0 Å². The standard InChI is InChI=1S/C20H24N2O2/c1-4-23-12-11-22-18-8-6-5-7-17(18)21-20(22)14-24-19-10-9-15(2)13-16(19)3/h5-10,13H,4,11-12,14H2,1-3H3. The van der Waals surface area contributed by atoms with Crippen molar-refractivity contribution < 1.29 is 9.47 Å². The van der Waals surface area contributed by atoms with E-state index in [1.165, 1.54) is 5.56 Å². The fraction of sp³-hybridized carbons (Fsp3) is 0.350. The van der Waals surface area contributed by atoms with Crippen LogP contribution in [-0.4, -0.2) is 22.8 Å². The lowest BCUT2D eigenvalue weighted by Crippen LogP contribution is -2.11. The predicted molar refractivity (Wildman–Crippen MR) is 96.5 cm³/mol. The number of fused-ring (bicyclic) bond motifs is 1. The molecular weight excluding hydrogens is 300 g/mol. The maximum atomic E-state index is 6.03. The summed E-state index contributed by atoms with van der Waals surface area (Å²) in [6.45, 7) is 8.79. The maximum absolute atomic E-state index is 6.03. The highest BCUT2D eigenvalue weighted by Crippen LogP contribution is 2.21. The molecule has 0 saturated carbocycles. The first kappa shape index (κ1) is 16.5. The van der Waals surface area contributed by atoms with E-state index in [2.05, 4.69) is 36.6 Å². The molecule has 0 amide bonds. The van der Waals surface area contributed by atoms with Crippen molar-refractivity contribution >= 4 is 11.0 Å². The Kier molecular flexibility index (Phi) is 5.16. The molecule has 1 heterocycles. The van der Waals surface area contributed by atoms with E-state index < -0.39 is 0 Å². The second-order valence-electron chi connectivity index (χ2n) is 5.92. The molecule has 0 spiro atoms. The van der Waals surface area contributed by atoms with Crippen LogP contribution in [0.1, 0.15) is 23.9 Å². The SMILES string of the molecule is CCOCCn1c(COc2ccc(C)cc2C)nc2ccccc21. The summed E-state index contributed by atoms with van der Waals surface area (Å²) in [6, 6.07) is 14.4. The van der Waals surface area contributed by atoms with Crippen LogP contribution in [0.3, 0.4) is 0 Å². The van der Waals surface area contributed by atoms with Crippen molar-refractivity contribution in [2.45, 2.75) is 33.9 Å². The Balaban J connectivity index is 1.83. The Hall–Kier alpha value is -2.33. The van der Waals surface area contributed by atoms with Crippen molar-refractivity contribution in [2.24, 2.45) is 0 Å². The third-order valence-electron chi connectivity index (χ3n) is 4.08. The molecule has 1 aromatic heterocycles. The largest absolute Gasteiger partial charge is 0.485 e. The average Bonchev–Trinajstić information content (AvgIpc) is 2.92. The normalized spacial score (nSPS) is 11.1. The van der Waals surface area contributed by atoms with Gasteiger partial charge in [-0.3, -0.25) is 0 Å². The van der Waals surface area contributed by atoms with Crippen LogP contribution in [0, 0.1) is 13.8 Å². The number of aromatic nitrogens is 2. The second-order valence-corrected chi connectivity index (χ2v) is 5.92. The molecule has 0 radical (unpaired) electrons. The summed E-state index contributed by atoms with van der Waals surface area (Å²) in [5.74, 6) is 1.83. The summed E-state index contributed by atoms with van der Waals surface area (Å²) in [4.78, 5) is 4.74. The van der Waals surface area contributed by atoms with Crippen molar-refractivity contribution in [3.8, 4) is 5.75 Å². The number of rotatable bonds is 7. The molecule has 3 aromatic rings. The molecular formula is C20H24N2O2. The lowest BCUT2D eigenvalue weighted by Gasteiger charge is -2.12. The summed E-state index contributed by atoms with van der Waals surface area (Å²) >= 11 is 0. The first-order valence-electron chi connectivity index (χ1n) is 8.41. The topological polar surface area (TPSA) is 36.3 Å². The van der Waals surface area contributed by atoms with Crippen LogP contribution < -0.4 is 4.74 Å². The van der Waals surface area contributed by atoms with E-state index in [4.69, 9.17) is 14.5 Å². The molecule has 4 heteroatoms. The van der Waals surface area contributed by atoms with Crippen LogP contribution in [0.2, 0.25) is 0 Å². The molecule has 2 aromatic carbocycles. The number of aryl methyl sites for hydroxylation is 2. The molecule has 24 heavy (non-hydrogen) atoms. The van der Waals surface area contributed by atoms with Crippen molar-refractivity contribution in [3.63, 3.8) is 0 Å². The van der Waals surface area contributed by atoms with Gasteiger partial charge in [-0.1, -0.05) is 29.8 Å². The molecule has 0 saturated heterocycles. The minimum Gasteiger partial charge on any atom is -0.485 e. The van der Waals surface area contributed by atoms with Crippen molar-refractivity contribution in [1.29, 1.82) is 0 Å². The number of para-hydroxylation sites is 2. The number of ether oxygens (including phenoxy) is 2. The Morgan fingerprint density at radius 1 is 1.08 bits per heavy atom. The molecule has 0 aliphatic rings. The zero-order chi connectivity index (χ0) is 16.9. The lowest BCUT2D eigenvalue weighted by atomic mass is 10.1. The van der Waals surface area contributed by atoms with Gasteiger partial charge < -0.3 is 14.0 Å². The summed E-state index contributed by atoms with van der Waals surface area (Å²) in [5.41, 5.74) is 4.50. The molecule has 4 nitrogen and oxygen atoms in total. The van der Waals surface area contributed by atoms with Crippen molar-refractivity contribution in [2.75, 3.05) is 13.2 Å². The van der Waals surface area contributed by atoms with E-state index in [1.807, 2.05) is 31.2 Å². The highest BCUT2D eigenvalue weighted by molar-refractivity contribution is 5.75. The zero-order valence-electron chi connectivity index (χ0n) is 14.6. The first-order valence-corrected chi connectivity index (χ1v) is 8.41. The number of benzene rings is 2. The fourth-order valence-electron chi connectivity index (χ4n) is 2.89. The van der Waals surface area contributed by atoms with E-state index >= 15 is 0 Å². The van der Waals surface area contributed by atoms with Crippen LogP contribution in [0.5, 0.6) is 5.75 Å². The van der Waals surface area contributed by atoms with Gasteiger partial charge in [-0.15, -0.1) is 0 Å². The summed E-state index contributed by atoms with van der Waals surface area (Å²) in [5, 5.41) is 0. The van der Waals surface area contributed by atoms with Gasteiger partial charge in [0.25, 0.3) is 0 Å². The molecule has 126 valence electrons. The first-order chi connectivity index (χ1) is 11.7. The van der Waals surface area contributed by atoms with E-state index in [9.17, 15) is 0 Å². The van der Waals surface area contributed by atoms with Gasteiger partial charge in [0.05, 0.1) is 17.6 Å². The Morgan fingerprint density at radius 2 is 1.92 bits per heavy atom. The van der Waals surface area contributed by atoms with Gasteiger partial charge in [0.1, 0.15) is 18.2 Å². The number of hydrogen-bond acceptors (Lipinski definition) is 3. The Morgan fingerprint density at radius 3 is 2.71 bits per heavy atom. The quantitative estimate of drug-likeness (QED) is 0.609. The van der Waals surface area contributed by atoms with Gasteiger partial charge in [0, 0.05) is 13.2 Å². The lowest BCUT2D eigenvalue weighted by molar-refractivity contribution is 0.138. The number of nitrogens with zero attached hydrogens (tertiary/aromatic N) is 2. The summed E-state index contributed by atoms with van der Waals surface area (Å²) in [6.07, 6.45) is 0. The van der Waals surface area contributed by atoms with Gasteiger partial charge in [0.2, 0.25) is 0 Å². The third kappa shape index (κ3) is 3.60. The Bertz CT molecular complexity index is 824. The fourth-order valence-corrected chi connectivity index (χ4v) is 2.89. The van der Waals surface area contributed by atoms with Crippen LogP contribution >= 0.6 is 0 Å². The predicted octanol–water partition coefficient (Wildman–Crippen LogP) is 4.27. The molecule has 0 atom stereocenters. The minimum atomic E-state index is 0.449. The van der Waals surface area contributed by atoms with Gasteiger partial charge in [-0.05, 0) is 44.5 Å². The van der Waals surface area contributed by atoms with Gasteiger partial charge >= 0.3 is 0 Å². The van der Waals surface area contributed by atoms with Crippen LogP contribution in [-0.2, 0) is 17.9 Å². The molecule has 3 rings (SSSR count). The molecule has 0 unspecified atom stereocenters. The molecule has 0 fully saturated rings. The zero-order valence-corrected chi connectivity index (χ0v) is 14.6.